The van der Waals surface area contributed by atoms with E-state index in [0.29, 0.717) is 14.3 Å². The molecule has 1 heterocycles. The summed E-state index contributed by atoms with van der Waals surface area (Å²) in [6.07, 6.45) is 0. The van der Waals surface area contributed by atoms with Gasteiger partial charge in [-0.15, -0.1) is 0 Å². The molecule has 3 nitrogen and oxygen atoms in total. The van der Waals surface area contributed by atoms with Crippen LogP contribution in [0.25, 0.3) is 21.5 Å². The molecule has 6 rings (SSSR count). The van der Waals surface area contributed by atoms with E-state index in [9.17, 15) is 5.11 Å². The first-order valence-corrected chi connectivity index (χ1v) is 13.6. The van der Waals surface area contributed by atoms with Gasteiger partial charge in [-0.1, -0.05) is 81.4 Å². The molecular formula is C27H23O3PSi. The molecule has 0 aromatic heterocycles. The van der Waals surface area contributed by atoms with Gasteiger partial charge in [-0.3, -0.25) is 0 Å². The fraction of sp³-hybridized carbons (Fsp3) is 0.0370. The number of phenols is 1. The van der Waals surface area contributed by atoms with Crippen molar-refractivity contribution in [2.24, 2.45) is 0 Å². The number of hydrogen-bond acceptors (Lipinski definition) is 3. The van der Waals surface area contributed by atoms with Crippen molar-refractivity contribution in [3.63, 3.8) is 0 Å². The summed E-state index contributed by atoms with van der Waals surface area (Å²) in [5, 5.41) is 16.8. The minimum Gasteiger partial charge on any atom is -0.511 e. The molecule has 5 heteroatoms. The number of fused-ring (bicyclic) bond motifs is 3. The zero-order valence-electron chi connectivity index (χ0n) is 17.7. The molecule has 5 aromatic carbocycles. The van der Waals surface area contributed by atoms with Crippen molar-refractivity contribution < 1.29 is 14.0 Å². The SMILES string of the molecule is C[SiH]1Oc2cc3ccccc3cc2O1.Oc1ccc2cc(Pc3ccccc3)ccc2c1. The highest BCUT2D eigenvalue weighted by Crippen LogP contribution is 2.37. The quantitative estimate of drug-likeness (QED) is 0.277. The Morgan fingerprint density at radius 2 is 1.16 bits per heavy atom. The summed E-state index contributed by atoms with van der Waals surface area (Å²) >= 11 is 0. The van der Waals surface area contributed by atoms with Gasteiger partial charge in [0.05, 0.1) is 0 Å². The van der Waals surface area contributed by atoms with Crippen LogP contribution in [0.1, 0.15) is 0 Å². The van der Waals surface area contributed by atoms with Gasteiger partial charge in [-0.2, -0.15) is 0 Å². The average Bonchev–Trinajstić information content (AvgIpc) is 3.17. The fourth-order valence-corrected chi connectivity index (χ4v) is 5.98. The molecule has 0 saturated heterocycles. The van der Waals surface area contributed by atoms with Crippen molar-refractivity contribution in [2.75, 3.05) is 0 Å². The lowest BCUT2D eigenvalue weighted by molar-refractivity contribution is 0.476. The summed E-state index contributed by atoms with van der Waals surface area (Å²) in [5.74, 6) is 2.13. The third-order valence-corrected chi connectivity index (χ3v) is 7.68. The van der Waals surface area contributed by atoms with Crippen LogP contribution in [0.4, 0.5) is 0 Å². The van der Waals surface area contributed by atoms with Crippen LogP contribution in [-0.2, 0) is 0 Å². The molecular weight excluding hydrogens is 431 g/mol. The summed E-state index contributed by atoms with van der Waals surface area (Å²) in [6, 6.07) is 34.7. The maximum Gasteiger partial charge on any atom is 0.441 e. The minimum absolute atomic E-state index is 0.320. The van der Waals surface area contributed by atoms with Gasteiger partial charge in [0.15, 0.2) is 0 Å². The fourth-order valence-electron chi connectivity index (χ4n) is 3.76. The van der Waals surface area contributed by atoms with E-state index in [0.717, 1.165) is 16.9 Å². The van der Waals surface area contributed by atoms with Gasteiger partial charge in [-0.25, -0.2) is 0 Å². The Morgan fingerprint density at radius 3 is 1.84 bits per heavy atom. The zero-order valence-corrected chi connectivity index (χ0v) is 19.8. The minimum atomic E-state index is -1.43. The molecule has 5 aromatic rings. The molecule has 0 amide bonds. The van der Waals surface area contributed by atoms with Gasteiger partial charge in [0.2, 0.25) is 0 Å². The molecule has 0 saturated carbocycles. The van der Waals surface area contributed by atoms with E-state index >= 15 is 0 Å². The second-order valence-electron chi connectivity index (χ2n) is 7.69. The Kier molecular flexibility index (Phi) is 5.81. The van der Waals surface area contributed by atoms with Gasteiger partial charge >= 0.3 is 9.28 Å². The summed E-state index contributed by atoms with van der Waals surface area (Å²) in [7, 11) is -0.753. The first kappa shape index (κ1) is 20.6. The molecule has 0 aliphatic carbocycles. The molecule has 32 heavy (non-hydrogen) atoms. The van der Waals surface area contributed by atoms with Crippen LogP contribution in [0.5, 0.6) is 17.2 Å². The lowest BCUT2D eigenvalue weighted by Gasteiger charge is -2.04. The van der Waals surface area contributed by atoms with Crippen LogP contribution in [0.15, 0.2) is 103 Å². The van der Waals surface area contributed by atoms with Crippen LogP contribution in [-0.4, -0.2) is 14.4 Å². The second kappa shape index (κ2) is 9.03. The predicted octanol–water partition coefficient (Wildman–Crippen LogP) is 5.64. The Morgan fingerprint density at radius 1 is 0.594 bits per heavy atom. The number of rotatable bonds is 2. The molecule has 0 radical (unpaired) electrons. The Balaban J connectivity index is 0.000000139. The van der Waals surface area contributed by atoms with Crippen molar-refractivity contribution in [1.82, 2.24) is 0 Å². The smallest absolute Gasteiger partial charge is 0.441 e. The summed E-state index contributed by atoms with van der Waals surface area (Å²) in [6.45, 7) is 2.03. The first-order valence-electron chi connectivity index (χ1n) is 10.5. The van der Waals surface area contributed by atoms with E-state index < -0.39 is 9.28 Å². The Labute approximate surface area is 190 Å². The van der Waals surface area contributed by atoms with Gasteiger partial charge < -0.3 is 14.0 Å². The van der Waals surface area contributed by atoms with Crippen LogP contribution < -0.4 is 19.5 Å². The number of phenolic OH excluding ortho intramolecular Hbond substituents is 1. The highest BCUT2D eigenvalue weighted by molar-refractivity contribution is 7.55. The molecule has 1 aliphatic rings. The molecule has 1 atom stereocenters. The van der Waals surface area contributed by atoms with Gasteiger partial charge in [-0.05, 0) is 69.0 Å². The Bertz CT molecular complexity index is 1340. The van der Waals surface area contributed by atoms with E-state index in [-0.39, 0.29) is 0 Å². The molecule has 0 fully saturated rings. The maximum atomic E-state index is 9.44. The van der Waals surface area contributed by atoms with Crippen molar-refractivity contribution in [2.45, 2.75) is 6.55 Å². The summed E-state index contributed by atoms with van der Waals surface area (Å²) in [5.41, 5.74) is 0. The van der Waals surface area contributed by atoms with Crippen LogP contribution in [0.2, 0.25) is 6.55 Å². The number of benzene rings is 5. The molecule has 158 valence electrons. The van der Waals surface area contributed by atoms with Crippen molar-refractivity contribution in [1.29, 1.82) is 0 Å². The number of hydrogen-bond donors (Lipinski definition) is 1. The molecule has 1 unspecified atom stereocenters. The van der Waals surface area contributed by atoms with Crippen LogP contribution in [0, 0.1) is 0 Å². The second-order valence-corrected chi connectivity index (χ2v) is 10.7. The maximum absolute atomic E-state index is 9.44. The summed E-state index contributed by atoms with van der Waals surface area (Å²) < 4.78 is 11.3. The summed E-state index contributed by atoms with van der Waals surface area (Å²) in [4.78, 5) is 0. The third-order valence-electron chi connectivity index (χ3n) is 5.28. The third kappa shape index (κ3) is 4.62. The van der Waals surface area contributed by atoms with Crippen molar-refractivity contribution in [3.05, 3.63) is 103 Å². The van der Waals surface area contributed by atoms with Crippen molar-refractivity contribution >= 4 is 50.0 Å². The van der Waals surface area contributed by atoms with Gasteiger partial charge in [0, 0.05) is 0 Å². The zero-order chi connectivity index (χ0) is 21.9. The molecule has 1 N–H and O–H groups in total. The average molecular weight is 455 g/mol. The highest BCUT2D eigenvalue weighted by atomic mass is 31.1. The van der Waals surface area contributed by atoms with E-state index in [2.05, 4.69) is 66.7 Å². The van der Waals surface area contributed by atoms with Crippen LogP contribution in [0.3, 0.4) is 0 Å². The van der Waals surface area contributed by atoms with Crippen LogP contribution >= 0.6 is 8.58 Å². The number of aromatic hydroxyl groups is 1. The van der Waals surface area contributed by atoms with E-state index in [1.165, 1.54) is 26.8 Å². The first-order chi connectivity index (χ1) is 15.6. The molecule has 0 spiro atoms. The van der Waals surface area contributed by atoms with Gasteiger partial charge in [0.1, 0.15) is 17.2 Å². The van der Waals surface area contributed by atoms with E-state index in [1.807, 2.05) is 30.8 Å². The standard InChI is InChI=1S/C16H13OP.C11H10O2Si/c17-14-8-6-13-11-16(9-7-12(13)10-14)18-15-4-2-1-3-5-15;1-14-12-10-6-8-4-2-3-5-9(8)7-11(10)13-14/h1-11,17-18H;2-7,14H,1H3. The Hall–Kier alpha value is -3.33. The molecule has 1 aliphatic heterocycles. The van der Waals surface area contributed by atoms with E-state index in [1.54, 1.807) is 12.1 Å². The van der Waals surface area contributed by atoms with Gasteiger partial charge in [0.25, 0.3) is 0 Å². The van der Waals surface area contributed by atoms with E-state index in [4.69, 9.17) is 8.85 Å². The monoisotopic (exact) mass is 454 g/mol. The van der Waals surface area contributed by atoms with Crippen molar-refractivity contribution in [3.8, 4) is 17.2 Å². The topological polar surface area (TPSA) is 38.7 Å². The molecule has 0 bridgehead atoms. The normalized spacial score (nSPS) is 12.9. The largest absolute Gasteiger partial charge is 0.511 e. The predicted molar refractivity (Wildman–Crippen MR) is 138 cm³/mol. The highest BCUT2D eigenvalue weighted by Gasteiger charge is 2.22. The lowest BCUT2D eigenvalue weighted by atomic mass is 10.1. The lowest BCUT2D eigenvalue weighted by Crippen LogP contribution is -2.18.